The van der Waals surface area contributed by atoms with E-state index in [0.29, 0.717) is 24.8 Å². The van der Waals surface area contributed by atoms with Gasteiger partial charge in [-0.1, -0.05) is 29.4 Å². The van der Waals surface area contributed by atoms with Crippen LogP contribution in [0.25, 0.3) is 22.6 Å². The van der Waals surface area contributed by atoms with Crippen LogP contribution in [0.5, 0.6) is 0 Å². The monoisotopic (exact) mass is 351 g/mol. The molecule has 0 spiro atoms. The van der Waals surface area contributed by atoms with Crippen molar-refractivity contribution < 1.29 is 9.63 Å². The van der Waals surface area contributed by atoms with Crippen molar-refractivity contribution in [2.24, 2.45) is 0 Å². The van der Waals surface area contributed by atoms with Crippen molar-refractivity contribution in [3.8, 4) is 22.6 Å². The molecule has 1 N–H and O–H groups in total. The molecule has 0 amide bonds. The van der Waals surface area contributed by atoms with E-state index < -0.39 is 0 Å². The normalized spacial score (nSPS) is 18.2. The molecule has 1 atom stereocenters. The molecule has 4 rings (SSSR count). The standard InChI is InChI=1S/C19H21N5O2/c1-13-20-9-8-17(21-13)14-4-6-15(7-5-14)19-22-18(26-23-19)12-24-10-2-3-16(25)11-24/h4-9,16,25H,2-3,10-12H2,1H3. The van der Waals surface area contributed by atoms with Crippen LogP contribution in [0.15, 0.2) is 41.1 Å². The van der Waals surface area contributed by atoms with Gasteiger partial charge >= 0.3 is 0 Å². The van der Waals surface area contributed by atoms with Crippen LogP contribution in [0.1, 0.15) is 24.6 Å². The molecule has 1 aliphatic rings. The average molecular weight is 351 g/mol. The fourth-order valence-electron chi connectivity index (χ4n) is 3.21. The summed E-state index contributed by atoms with van der Waals surface area (Å²) in [6, 6.07) is 9.81. The fourth-order valence-corrected chi connectivity index (χ4v) is 3.21. The molecule has 1 unspecified atom stereocenters. The number of hydrogen-bond acceptors (Lipinski definition) is 7. The molecule has 3 aromatic rings. The van der Waals surface area contributed by atoms with Gasteiger partial charge in [-0.05, 0) is 32.4 Å². The van der Waals surface area contributed by atoms with E-state index in [9.17, 15) is 5.11 Å². The molecule has 1 aliphatic heterocycles. The highest BCUT2D eigenvalue weighted by Gasteiger charge is 2.20. The summed E-state index contributed by atoms with van der Waals surface area (Å²) in [6.07, 6.45) is 3.36. The Balaban J connectivity index is 1.47. The number of benzene rings is 1. The number of nitrogens with zero attached hydrogens (tertiary/aromatic N) is 5. The summed E-state index contributed by atoms with van der Waals surface area (Å²) in [4.78, 5) is 15.2. The lowest BCUT2D eigenvalue weighted by Gasteiger charge is -2.28. The van der Waals surface area contributed by atoms with Gasteiger partial charge in [0.15, 0.2) is 0 Å². The Hall–Kier alpha value is -2.64. The molecular formula is C19H21N5O2. The number of aliphatic hydroxyl groups excluding tert-OH is 1. The van der Waals surface area contributed by atoms with Crippen molar-refractivity contribution in [1.82, 2.24) is 25.0 Å². The largest absolute Gasteiger partial charge is 0.392 e. The van der Waals surface area contributed by atoms with Gasteiger partial charge in [0.2, 0.25) is 11.7 Å². The van der Waals surface area contributed by atoms with Crippen LogP contribution in [-0.2, 0) is 6.54 Å². The van der Waals surface area contributed by atoms with Crippen LogP contribution < -0.4 is 0 Å². The highest BCUT2D eigenvalue weighted by atomic mass is 16.5. The first-order valence-corrected chi connectivity index (χ1v) is 8.81. The van der Waals surface area contributed by atoms with Gasteiger partial charge in [0.05, 0.1) is 18.3 Å². The van der Waals surface area contributed by atoms with Gasteiger partial charge in [-0.3, -0.25) is 4.90 Å². The zero-order valence-corrected chi connectivity index (χ0v) is 14.7. The molecule has 1 fully saturated rings. The summed E-state index contributed by atoms with van der Waals surface area (Å²) in [5, 5.41) is 13.8. The third-order valence-corrected chi connectivity index (χ3v) is 4.52. The second kappa shape index (κ2) is 7.31. The van der Waals surface area contributed by atoms with E-state index in [2.05, 4.69) is 25.0 Å². The maximum absolute atomic E-state index is 9.76. The number of aryl methyl sites for hydroxylation is 1. The van der Waals surface area contributed by atoms with E-state index in [1.165, 1.54) is 0 Å². The van der Waals surface area contributed by atoms with Gasteiger partial charge in [0.1, 0.15) is 5.82 Å². The summed E-state index contributed by atoms with van der Waals surface area (Å²) in [5.41, 5.74) is 2.81. The summed E-state index contributed by atoms with van der Waals surface area (Å²) in [5.74, 6) is 1.89. The van der Waals surface area contributed by atoms with E-state index in [1.807, 2.05) is 37.3 Å². The summed E-state index contributed by atoms with van der Waals surface area (Å²) in [7, 11) is 0. The van der Waals surface area contributed by atoms with Crippen molar-refractivity contribution in [3.63, 3.8) is 0 Å². The Labute approximate surface area is 151 Å². The van der Waals surface area contributed by atoms with Crippen LogP contribution in [0.3, 0.4) is 0 Å². The van der Waals surface area contributed by atoms with Crippen LogP contribution in [-0.4, -0.2) is 49.3 Å². The summed E-state index contributed by atoms with van der Waals surface area (Å²) < 4.78 is 5.38. The molecule has 26 heavy (non-hydrogen) atoms. The van der Waals surface area contributed by atoms with Gasteiger partial charge in [0.25, 0.3) is 0 Å². The van der Waals surface area contributed by atoms with E-state index in [0.717, 1.165) is 42.0 Å². The third-order valence-electron chi connectivity index (χ3n) is 4.52. The van der Waals surface area contributed by atoms with E-state index in [1.54, 1.807) is 6.20 Å². The van der Waals surface area contributed by atoms with Crippen LogP contribution in [0.4, 0.5) is 0 Å². The first-order chi connectivity index (χ1) is 12.7. The quantitative estimate of drug-likeness (QED) is 0.772. The Morgan fingerprint density at radius 3 is 2.73 bits per heavy atom. The molecule has 2 aromatic heterocycles. The molecule has 1 aromatic carbocycles. The van der Waals surface area contributed by atoms with Crippen LogP contribution in [0.2, 0.25) is 0 Å². The highest BCUT2D eigenvalue weighted by Crippen LogP contribution is 2.22. The van der Waals surface area contributed by atoms with Crippen LogP contribution in [0, 0.1) is 6.92 Å². The zero-order valence-electron chi connectivity index (χ0n) is 14.7. The predicted octanol–water partition coefficient (Wildman–Crippen LogP) is 2.46. The minimum atomic E-state index is -0.260. The second-order valence-corrected chi connectivity index (χ2v) is 6.61. The lowest BCUT2D eigenvalue weighted by atomic mass is 10.1. The van der Waals surface area contributed by atoms with Gasteiger partial charge in [-0.2, -0.15) is 4.98 Å². The maximum atomic E-state index is 9.76. The van der Waals surface area contributed by atoms with Gasteiger partial charge < -0.3 is 9.63 Å². The maximum Gasteiger partial charge on any atom is 0.241 e. The number of hydrogen-bond donors (Lipinski definition) is 1. The smallest absolute Gasteiger partial charge is 0.241 e. The minimum Gasteiger partial charge on any atom is -0.392 e. The Morgan fingerprint density at radius 2 is 1.96 bits per heavy atom. The molecule has 0 aliphatic carbocycles. The number of rotatable bonds is 4. The third kappa shape index (κ3) is 3.79. The number of β-amino-alcohol motifs (C(OH)–C–C–N with tert-alkyl or cyclic N) is 1. The Morgan fingerprint density at radius 1 is 1.15 bits per heavy atom. The second-order valence-electron chi connectivity index (χ2n) is 6.61. The molecule has 0 radical (unpaired) electrons. The molecule has 134 valence electrons. The topological polar surface area (TPSA) is 88.2 Å². The molecule has 0 bridgehead atoms. The first kappa shape index (κ1) is 16.8. The van der Waals surface area contributed by atoms with E-state index in [-0.39, 0.29) is 6.10 Å². The van der Waals surface area contributed by atoms with Gasteiger partial charge in [-0.15, -0.1) is 0 Å². The van der Waals surface area contributed by atoms with Crippen LogP contribution >= 0.6 is 0 Å². The lowest BCUT2D eigenvalue weighted by molar-refractivity contribution is 0.0613. The molecule has 7 heteroatoms. The lowest BCUT2D eigenvalue weighted by Crippen LogP contribution is -2.37. The predicted molar refractivity (Wildman–Crippen MR) is 96.0 cm³/mol. The number of aromatic nitrogens is 4. The first-order valence-electron chi connectivity index (χ1n) is 8.81. The zero-order chi connectivity index (χ0) is 17.9. The number of likely N-dealkylation sites (tertiary alicyclic amines) is 1. The molecule has 1 saturated heterocycles. The van der Waals surface area contributed by atoms with E-state index in [4.69, 9.17) is 4.52 Å². The van der Waals surface area contributed by atoms with Crippen molar-refractivity contribution in [3.05, 3.63) is 48.2 Å². The minimum absolute atomic E-state index is 0.260. The SMILES string of the molecule is Cc1nccc(-c2ccc(-c3noc(CN4CCCC(O)C4)n3)cc2)n1. The molecule has 7 nitrogen and oxygen atoms in total. The van der Waals surface area contributed by atoms with Gasteiger partial charge in [-0.25, -0.2) is 9.97 Å². The number of aliphatic hydroxyl groups is 1. The van der Waals surface area contributed by atoms with E-state index >= 15 is 0 Å². The summed E-state index contributed by atoms with van der Waals surface area (Å²) in [6.45, 7) is 4.05. The fraction of sp³-hybridized carbons (Fsp3) is 0.368. The van der Waals surface area contributed by atoms with Crippen molar-refractivity contribution >= 4 is 0 Å². The Kier molecular flexibility index (Phi) is 4.73. The van der Waals surface area contributed by atoms with Crippen molar-refractivity contribution in [2.75, 3.05) is 13.1 Å². The number of piperidine rings is 1. The van der Waals surface area contributed by atoms with Crippen molar-refractivity contribution in [1.29, 1.82) is 0 Å². The molecule has 0 saturated carbocycles. The summed E-state index contributed by atoms with van der Waals surface area (Å²) >= 11 is 0. The highest BCUT2D eigenvalue weighted by molar-refractivity contribution is 5.64. The average Bonchev–Trinajstić information content (AvgIpc) is 3.10. The van der Waals surface area contributed by atoms with Gasteiger partial charge in [0, 0.05) is 23.9 Å². The molecule has 3 heterocycles. The van der Waals surface area contributed by atoms with Crippen molar-refractivity contribution in [2.45, 2.75) is 32.4 Å². The molecular weight excluding hydrogens is 330 g/mol. The Bertz CT molecular complexity index is 878.